The average Bonchev–Trinajstić information content (AvgIpc) is 2.77. The number of nitrogens with one attached hydrogen (secondary N) is 1. The van der Waals surface area contributed by atoms with Crippen LogP contribution >= 0.6 is 0 Å². The fourth-order valence-electron chi connectivity index (χ4n) is 3.82. The van der Waals surface area contributed by atoms with E-state index < -0.39 is 0 Å². The summed E-state index contributed by atoms with van der Waals surface area (Å²) in [7, 11) is 1.67. The molecule has 2 aromatic carbocycles. The van der Waals surface area contributed by atoms with Crippen LogP contribution in [0, 0.1) is 10.8 Å². The Balaban J connectivity index is 1.38. The number of rotatable bonds is 11. The van der Waals surface area contributed by atoms with Crippen LogP contribution in [-0.4, -0.2) is 40.0 Å². The fourth-order valence-corrected chi connectivity index (χ4v) is 3.82. The third-order valence-electron chi connectivity index (χ3n) is 5.38. The van der Waals surface area contributed by atoms with Gasteiger partial charge >= 0.3 is 0 Å². The lowest BCUT2D eigenvalue weighted by atomic mass is 9.81. The summed E-state index contributed by atoms with van der Waals surface area (Å²) in [5.74, 6) is 2.36. The number of piperidine rings is 1. The molecule has 156 valence electrons. The molecule has 0 amide bonds. The van der Waals surface area contributed by atoms with Gasteiger partial charge in [-0.2, -0.15) is 4.91 Å². The molecule has 3 rings (SSSR count). The summed E-state index contributed by atoms with van der Waals surface area (Å²) >= 11 is 0. The van der Waals surface area contributed by atoms with Gasteiger partial charge in [-0.25, -0.2) is 0 Å². The molecule has 29 heavy (non-hydrogen) atoms. The maximum atomic E-state index is 10.7. The Morgan fingerprint density at radius 3 is 2.72 bits per heavy atom. The SMILES string of the molecule is COc1ccccc1COCCCOc1ccc(C2CCNC[C@H]2CN=O)cc1. The second kappa shape index (κ2) is 11.5. The van der Waals surface area contributed by atoms with Crippen LogP contribution in [0.5, 0.6) is 11.5 Å². The van der Waals surface area contributed by atoms with Crippen molar-refractivity contribution in [1.82, 2.24) is 5.32 Å². The van der Waals surface area contributed by atoms with Crippen LogP contribution in [-0.2, 0) is 11.3 Å². The normalized spacial score (nSPS) is 18.9. The average molecular weight is 399 g/mol. The van der Waals surface area contributed by atoms with Crippen LogP contribution in [0.1, 0.15) is 29.9 Å². The molecule has 6 heteroatoms. The fraction of sp³-hybridized carbons (Fsp3) is 0.478. The molecule has 2 aromatic rings. The summed E-state index contributed by atoms with van der Waals surface area (Å²) in [6.45, 7) is 3.97. The van der Waals surface area contributed by atoms with E-state index in [0.717, 1.165) is 43.0 Å². The summed E-state index contributed by atoms with van der Waals surface area (Å²) in [6, 6.07) is 16.1. The van der Waals surface area contributed by atoms with Gasteiger partial charge in [-0.1, -0.05) is 35.5 Å². The van der Waals surface area contributed by atoms with E-state index in [2.05, 4.69) is 22.6 Å². The standard InChI is InChI=1S/C23H30N2O4/c1-27-23-6-3-2-5-19(23)17-28-13-4-14-29-21-9-7-18(8-10-21)22-11-12-24-15-20(22)16-25-26/h2-3,5-10,20,22,24H,4,11-17H2,1H3/t20-,22?/m0/s1. The van der Waals surface area contributed by atoms with Crippen molar-refractivity contribution < 1.29 is 14.2 Å². The molecule has 0 bridgehead atoms. The van der Waals surface area contributed by atoms with Gasteiger partial charge in [-0.15, -0.1) is 0 Å². The van der Waals surface area contributed by atoms with Crippen molar-refractivity contribution in [3.05, 3.63) is 64.6 Å². The molecule has 1 aliphatic rings. The van der Waals surface area contributed by atoms with Gasteiger partial charge in [0.1, 0.15) is 11.5 Å². The maximum Gasteiger partial charge on any atom is 0.124 e. The Labute approximate surface area is 172 Å². The van der Waals surface area contributed by atoms with Crippen LogP contribution in [0.25, 0.3) is 0 Å². The van der Waals surface area contributed by atoms with Crippen molar-refractivity contribution in [2.24, 2.45) is 11.1 Å². The molecule has 1 fully saturated rings. The zero-order valence-electron chi connectivity index (χ0n) is 17.0. The lowest BCUT2D eigenvalue weighted by molar-refractivity contribution is 0.105. The van der Waals surface area contributed by atoms with Gasteiger partial charge in [0.05, 0.1) is 33.5 Å². The van der Waals surface area contributed by atoms with Crippen molar-refractivity contribution >= 4 is 0 Å². The molecule has 1 unspecified atom stereocenters. The Kier molecular flexibility index (Phi) is 8.46. The van der Waals surface area contributed by atoms with Gasteiger partial charge in [-0.3, -0.25) is 0 Å². The number of hydrogen-bond donors (Lipinski definition) is 1. The second-order valence-electron chi connectivity index (χ2n) is 7.31. The van der Waals surface area contributed by atoms with E-state index in [1.54, 1.807) is 7.11 Å². The van der Waals surface area contributed by atoms with E-state index in [0.29, 0.717) is 32.3 Å². The number of benzene rings is 2. The first-order valence-electron chi connectivity index (χ1n) is 10.2. The van der Waals surface area contributed by atoms with Gasteiger partial charge in [0.2, 0.25) is 0 Å². The number of nitrogens with zero attached hydrogens (tertiary/aromatic N) is 1. The van der Waals surface area contributed by atoms with Crippen LogP contribution in [0.3, 0.4) is 0 Å². The Morgan fingerprint density at radius 2 is 1.93 bits per heavy atom. The highest BCUT2D eigenvalue weighted by Gasteiger charge is 2.26. The molecular formula is C23H30N2O4. The lowest BCUT2D eigenvalue weighted by Crippen LogP contribution is -2.36. The van der Waals surface area contributed by atoms with E-state index in [-0.39, 0.29) is 5.92 Å². The predicted octanol–water partition coefficient (Wildman–Crippen LogP) is 4.14. The Hall–Kier alpha value is -2.44. The summed E-state index contributed by atoms with van der Waals surface area (Å²) < 4.78 is 16.9. The van der Waals surface area contributed by atoms with Gasteiger partial charge in [-0.05, 0) is 42.6 Å². The largest absolute Gasteiger partial charge is 0.496 e. The van der Waals surface area contributed by atoms with Crippen LogP contribution < -0.4 is 14.8 Å². The van der Waals surface area contributed by atoms with Crippen molar-refractivity contribution in [2.75, 3.05) is 40.0 Å². The minimum absolute atomic E-state index is 0.272. The number of methoxy groups -OCH3 is 1. The van der Waals surface area contributed by atoms with Crippen LogP contribution in [0.15, 0.2) is 53.7 Å². The first kappa shape index (κ1) is 21.3. The van der Waals surface area contributed by atoms with Crippen molar-refractivity contribution in [2.45, 2.75) is 25.4 Å². The molecule has 0 saturated carbocycles. The van der Waals surface area contributed by atoms with Crippen LogP contribution in [0.2, 0.25) is 0 Å². The third kappa shape index (κ3) is 6.27. The molecule has 2 atom stereocenters. The molecule has 0 aliphatic carbocycles. The highest BCUT2D eigenvalue weighted by atomic mass is 16.5. The highest BCUT2D eigenvalue weighted by molar-refractivity contribution is 5.32. The number of para-hydroxylation sites is 1. The minimum Gasteiger partial charge on any atom is -0.496 e. The van der Waals surface area contributed by atoms with E-state index in [4.69, 9.17) is 14.2 Å². The topological polar surface area (TPSA) is 69.2 Å². The predicted molar refractivity (Wildman–Crippen MR) is 114 cm³/mol. The van der Waals surface area contributed by atoms with E-state index in [9.17, 15) is 4.91 Å². The molecule has 1 N–H and O–H groups in total. The summed E-state index contributed by atoms with van der Waals surface area (Å²) in [5.41, 5.74) is 2.31. The quantitative estimate of drug-likeness (QED) is 0.455. The Bertz CT molecular complexity index is 751. The van der Waals surface area contributed by atoms with Crippen molar-refractivity contribution in [1.29, 1.82) is 0 Å². The lowest BCUT2D eigenvalue weighted by Gasteiger charge is -2.31. The smallest absolute Gasteiger partial charge is 0.124 e. The molecule has 0 radical (unpaired) electrons. The molecule has 1 aliphatic heterocycles. The van der Waals surface area contributed by atoms with E-state index in [1.165, 1.54) is 5.56 Å². The first-order chi connectivity index (χ1) is 14.3. The molecule has 6 nitrogen and oxygen atoms in total. The second-order valence-corrected chi connectivity index (χ2v) is 7.31. The summed E-state index contributed by atoms with van der Waals surface area (Å²) in [6.07, 6.45) is 1.85. The van der Waals surface area contributed by atoms with Gasteiger partial charge in [0, 0.05) is 24.4 Å². The third-order valence-corrected chi connectivity index (χ3v) is 5.38. The Morgan fingerprint density at radius 1 is 1.10 bits per heavy atom. The summed E-state index contributed by atoms with van der Waals surface area (Å²) in [4.78, 5) is 10.7. The zero-order valence-corrected chi connectivity index (χ0v) is 17.0. The highest BCUT2D eigenvalue weighted by Crippen LogP contribution is 2.31. The van der Waals surface area contributed by atoms with Gasteiger partial charge < -0.3 is 19.5 Å². The van der Waals surface area contributed by atoms with Gasteiger partial charge in [0.15, 0.2) is 0 Å². The molecule has 1 saturated heterocycles. The number of ether oxygens (including phenoxy) is 3. The van der Waals surface area contributed by atoms with Crippen molar-refractivity contribution in [3.63, 3.8) is 0 Å². The summed E-state index contributed by atoms with van der Waals surface area (Å²) in [5, 5.41) is 6.46. The monoisotopic (exact) mass is 398 g/mol. The number of hydrogen-bond acceptors (Lipinski definition) is 6. The molecule has 1 heterocycles. The maximum absolute atomic E-state index is 10.7. The molecule has 0 spiro atoms. The van der Waals surface area contributed by atoms with Gasteiger partial charge in [0.25, 0.3) is 0 Å². The van der Waals surface area contributed by atoms with Crippen LogP contribution in [0.4, 0.5) is 0 Å². The van der Waals surface area contributed by atoms with Crippen molar-refractivity contribution in [3.8, 4) is 11.5 Å². The van der Waals surface area contributed by atoms with E-state index >= 15 is 0 Å². The van der Waals surface area contributed by atoms with E-state index in [1.807, 2.05) is 36.4 Å². The number of nitroso groups, excluding NO2 is 1. The molecule has 0 aromatic heterocycles. The first-order valence-corrected chi connectivity index (χ1v) is 10.2. The minimum atomic E-state index is 0.272. The zero-order chi connectivity index (χ0) is 20.3. The molecular weight excluding hydrogens is 368 g/mol.